The Balaban J connectivity index is 1.61. The van der Waals surface area contributed by atoms with Crippen molar-refractivity contribution in [2.45, 2.75) is 57.9 Å². The molecule has 3 heterocycles. The number of hydrogen-bond acceptors (Lipinski definition) is 5. The van der Waals surface area contributed by atoms with Crippen LogP contribution in [-0.2, 0) is 16.1 Å². The molecule has 1 aromatic rings. The number of likely N-dealkylation sites (tertiary alicyclic amines) is 1. The molecular formula is C15H25N5O2. The highest BCUT2D eigenvalue weighted by Gasteiger charge is 2.37. The second kappa shape index (κ2) is 5.96. The van der Waals surface area contributed by atoms with Crippen LogP contribution in [0.2, 0.25) is 0 Å². The minimum atomic E-state index is -0.150. The summed E-state index contributed by atoms with van der Waals surface area (Å²) >= 11 is 0. The van der Waals surface area contributed by atoms with Crippen molar-refractivity contribution in [2.75, 3.05) is 19.6 Å². The zero-order chi connectivity index (χ0) is 15.7. The Bertz CT molecular complexity index is 542. The van der Waals surface area contributed by atoms with Crippen LogP contribution in [0.1, 0.15) is 45.3 Å². The van der Waals surface area contributed by atoms with Crippen LogP contribution in [0, 0.1) is 0 Å². The van der Waals surface area contributed by atoms with Crippen LogP contribution in [-0.4, -0.2) is 57.1 Å². The second-order valence-electron chi connectivity index (χ2n) is 6.90. The molecule has 1 N–H and O–H groups in total. The molecule has 0 spiro atoms. The van der Waals surface area contributed by atoms with Gasteiger partial charge in [-0.05, 0) is 26.7 Å². The van der Waals surface area contributed by atoms with E-state index in [-0.39, 0.29) is 23.6 Å². The monoisotopic (exact) mass is 307 g/mol. The van der Waals surface area contributed by atoms with Gasteiger partial charge in [0.25, 0.3) is 0 Å². The minimum Gasteiger partial charge on any atom is -0.370 e. The lowest BCUT2D eigenvalue weighted by Crippen LogP contribution is -2.52. The van der Waals surface area contributed by atoms with Crippen LogP contribution >= 0.6 is 0 Å². The maximum atomic E-state index is 12.2. The summed E-state index contributed by atoms with van der Waals surface area (Å²) in [5.74, 6) is 0.0841. The Morgan fingerprint density at radius 1 is 1.55 bits per heavy atom. The van der Waals surface area contributed by atoms with Crippen molar-refractivity contribution >= 4 is 5.91 Å². The minimum absolute atomic E-state index is 0.0841. The first-order valence-electron chi connectivity index (χ1n) is 8.02. The van der Waals surface area contributed by atoms with Crippen LogP contribution in [0.25, 0.3) is 0 Å². The van der Waals surface area contributed by atoms with Gasteiger partial charge >= 0.3 is 0 Å². The molecule has 2 aliphatic heterocycles. The van der Waals surface area contributed by atoms with Crippen molar-refractivity contribution in [2.24, 2.45) is 0 Å². The Morgan fingerprint density at radius 3 is 3.14 bits per heavy atom. The third-order valence-corrected chi connectivity index (χ3v) is 4.74. The number of fused-ring (bicyclic) bond motifs is 3. The standard InChI is InChI=1S/C15H25N5O2/c1-4-15(2,3)17-14(21)9-19-6-5-13-12(8-19)20-11(10-22-13)7-16-18-20/h7,12-13H,4-6,8-10H2,1-3H3,(H,17,21)/t12-,13+/m0/s1. The molecule has 22 heavy (non-hydrogen) atoms. The molecule has 0 aromatic carbocycles. The number of hydrogen-bond donors (Lipinski definition) is 1. The average Bonchev–Trinajstić information content (AvgIpc) is 2.95. The highest BCUT2D eigenvalue weighted by molar-refractivity contribution is 5.78. The van der Waals surface area contributed by atoms with Gasteiger partial charge in [-0.2, -0.15) is 0 Å². The SMILES string of the molecule is CCC(C)(C)NC(=O)CN1CC[C@H]2OCc3cnnn3[C@H]2C1. The molecule has 122 valence electrons. The normalized spacial score (nSPS) is 25.4. The van der Waals surface area contributed by atoms with Crippen LogP contribution in [0.3, 0.4) is 0 Å². The number of aromatic nitrogens is 3. The van der Waals surface area contributed by atoms with Gasteiger partial charge in [0.1, 0.15) is 0 Å². The largest absolute Gasteiger partial charge is 0.370 e. The summed E-state index contributed by atoms with van der Waals surface area (Å²) in [6, 6.07) is 0.159. The van der Waals surface area contributed by atoms with Gasteiger partial charge in [-0.15, -0.1) is 5.10 Å². The number of amides is 1. The lowest BCUT2D eigenvalue weighted by molar-refractivity contribution is -0.126. The molecule has 1 aromatic heterocycles. The third-order valence-electron chi connectivity index (χ3n) is 4.74. The lowest BCUT2D eigenvalue weighted by atomic mass is 10.00. The summed E-state index contributed by atoms with van der Waals surface area (Å²) in [7, 11) is 0. The van der Waals surface area contributed by atoms with Gasteiger partial charge in [0.2, 0.25) is 5.91 Å². The van der Waals surface area contributed by atoms with Gasteiger partial charge in [0.15, 0.2) is 0 Å². The van der Waals surface area contributed by atoms with E-state index in [4.69, 9.17) is 4.74 Å². The Morgan fingerprint density at radius 2 is 2.36 bits per heavy atom. The molecular weight excluding hydrogens is 282 g/mol. The van der Waals surface area contributed by atoms with E-state index in [2.05, 4.69) is 27.5 Å². The summed E-state index contributed by atoms with van der Waals surface area (Å²) in [6.07, 6.45) is 3.78. The highest BCUT2D eigenvalue weighted by atomic mass is 16.5. The van der Waals surface area contributed by atoms with Crippen LogP contribution in [0.4, 0.5) is 0 Å². The summed E-state index contributed by atoms with van der Waals surface area (Å²) in [5, 5.41) is 11.3. The van der Waals surface area contributed by atoms with Crippen LogP contribution < -0.4 is 5.32 Å². The average molecular weight is 307 g/mol. The van der Waals surface area contributed by atoms with Crippen LogP contribution in [0.15, 0.2) is 6.20 Å². The fourth-order valence-corrected chi connectivity index (χ4v) is 3.10. The molecule has 0 saturated carbocycles. The summed E-state index contributed by atoms with van der Waals surface area (Å²) in [4.78, 5) is 14.4. The Labute approximate surface area is 131 Å². The van der Waals surface area contributed by atoms with E-state index in [9.17, 15) is 4.79 Å². The third kappa shape index (κ3) is 3.15. The number of carbonyl (C=O) groups is 1. The van der Waals surface area contributed by atoms with E-state index in [1.54, 1.807) is 6.20 Å². The number of carbonyl (C=O) groups excluding carboxylic acids is 1. The zero-order valence-corrected chi connectivity index (χ0v) is 13.6. The fraction of sp³-hybridized carbons (Fsp3) is 0.800. The zero-order valence-electron chi connectivity index (χ0n) is 13.6. The fourth-order valence-electron chi connectivity index (χ4n) is 3.10. The Kier molecular flexibility index (Phi) is 4.18. The maximum absolute atomic E-state index is 12.2. The van der Waals surface area contributed by atoms with Crippen LogP contribution in [0.5, 0.6) is 0 Å². The predicted molar refractivity (Wildman–Crippen MR) is 81.2 cm³/mol. The molecule has 7 nitrogen and oxygen atoms in total. The van der Waals surface area contributed by atoms with Crippen molar-refractivity contribution < 1.29 is 9.53 Å². The molecule has 0 aliphatic carbocycles. The molecule has 1 amide bonds. The summed E-state index contributed by atoms with van der Waals surface area (Å²) in [5.41, 5.74) is 0.863. The quantitative estimate of drug-likeness (QED) is 0.888. The van der Waals surface area contributed by atoms with E-state index < -0.39 is 0 Å². The van der Waals surface area contributed by atoms with E-state index in [0.717, 1.165) is 31.6 Å². The number of rotatable bonds is 4. The van der Waals surface area contributed by atoms with Gasteiger partial charge in [-0.3, -0.25) is 9.69 Å². The molecule has 7 heteroatoms. The van der Waals surface area contributed by atoms with Crippen molar-refractivity contribution in [3.63, 3.8) is 0 Å². The smallest absolute Gasteiger partial charge is 0.234 e. The molecule has 2 aliphatic rings. The number of nitrogens with one attached hydrogen (secondary N) is 1. The van der Waals surface area contributed by atoms with Gasteiger partial charge in [-0.1, -0.05) is 12.1 Å². The highest BCUT2D eigenvalue weighted by Crippen LogP contribution is 2.29. The predicted octanol–water partition coefficient (Wildman–Crippen LogP) is 0.729. The molecule has 1 fully saturated rings. The molecule has 0 unspecified atom stereocenters. The second-order valence-corrected chi connectivity index (χ2v) is 6.90. The molecule has 2 atom stereocenters. The van der Waals surface area contributed by atoms with E-state index in [1.807, 2.05) is 18.5 Å². The first-order valence-corrected chi connectivity index (χ1v) is 8.02. The van der Waals surface area contributed by atoms with E-state index in [0.29, 0.717) is 13.2 Å². The maximum Gasteiger partial charge on any atom is 0.234 e. The summed E-state index contributed by atoms with van der Waals surface area (Å²) < 4.78 is 7.86. The van der Waals surface area contributed by atoms with Gasteiger partial charge < -0.3 is 10.1 Å². The number of nitrogens with zero attached hydrogens (tertiary/aromatic N) is 4. The van der Waals surface area contributed by atoms with Crippen molar-refractivity contribution in [3.05, 3.63) is 11.9 Å². The van der Waals surface area contributed by atoms with E-state index >= 15 is 0 Å². The first kappa shape index (κ1) is 15.4. The lowest BCUT2D eigenvalue weighted by Gasteiger charge is -2.41. The van der Waals surface area contributed by atoms with Gasteiger partial charge in [0, 0.05) is 18.6 Å². The number of ether oxygens (including phenoxy) is 1. The van der Waals surface area contributed by atoms with Crippen molar-refractivity contribution in [1.82, 2.24) is 25.2 Å². The first-order chi connectivity index (χ1) is 10.5. The summed E-state index contributed by atoms with van der Waals surface area (Å²) in [6.45, 7) is 8.85. The molecule has 0 bridgehead atoms. The van der Waals surface area contributed by atoms with Gasteiger partial charge in [0.05, 0.1) is 37.2 Å². The van der Waals surface area contributed by atoms with Gasteiger partial charge in [-0.25, -0.2) is 4.68 Å². The molecule has 3 rings (SSSR count). The molecule has 1 saturated heterocycles. The Hall–Kier alpha value is -1.47. The molecule has 0 radical (unpaired) electrons. The van der Waals surface area contributed by atoms with Crippen molar-refractivity contribution in [3.8, 4) is 0 Å². The number of piperidine rings is 1. The topological polar surface area (TPSA) is 72.3 Å². The van der Waals surface area contributed by atoms with E-state index in [1.165, 1.54) is 0 Å². The van der Waals surface area contributed by atoms with Crippen molar-refractivity contribution in [1.29, 1.82) is 0 Å².